The number of nitrogens with zero attached hydrogens (tertiary/aromatic N) is 2. The van der Waals surface area contributed by atoms with Gasteiger partial charge >= 0.3 is 0 Å². The van der Waals surface area contributed by atoms with Gasteiger partial charge in [0.25, 0.3) is 0 Å². The van der Waals surface area contributed by atoms with Gasteiger partial charge in [-0.2, -0.15) is 4.31 Å². The maximum atomic E-state index is 13.0. The normalized spacial score (nSPS) is 17.6. The third-order valence-corrected chi connectivity index (χ3v) is 7.34. The van der Waals surface area contributed by atoms with Crippen LogP contribution in [0.4, 0.5) is 0 Å². The van der Waals surface area contributed by atoms with Crippen LogP contribution in [0, 0.1) is 6.92 Å². The second-order valence-corrected chi connectivity index (χ2v) is 9.53. The van der Waals surface area contributed by atoms with Gasteiger partial charge < -0.3 is 10.1 Å². The highest BCUT2D eigenvalue weighted by Gasteiger charge is 2.39. The van der Waals surface area contributed by atoms with Crippen molar-refractivity contribution in [1.82, 2.24) is 14.6 Å². The van der Waals surface area contributed by atoms with Crippen molar-refractivity contribution < 1.29 is 17.9 Å². The van der Waals surface area contributed by atoms with Crippen molar-refractivity contribution in [3.8, 4) is 5.75 Å². The molecule has 3 rings (SSSR count). The number of amides is 1. The van der Waals surface area contributed by atoms with Crippen molar-refractivity contribution >= 4 is 27.3 Å². The molecular formula is C19H25N3O4S2. The van der Waals surface area contributed by atoms with E-state index >= 15 is 0 Å². The number of hydrogen-bond donors (Lipinski definition) is 1. The third-order valence-electron chi connectivity index (χ3n) is 4.59. The Balaban J connectivity index is 1.64. The smallest absolute Gasteiger partial charge is 0.243 e. The maximum Gasteiger partial charge on any atom is 0.243 e. The van der Waals surface area contributed by atoms with E-state index in [-0.39, 0.29) is 10.8 Å². The zero-order valence-electron chi connectivity index (χ0n) is 16.1. The number of carbonyl (C=O) groups excluding carboxylic acids is 1. The van der Waals surface area contributed by atoms with E-state index in [1.807, 2.05) is 19.2 Å². The second kappa shape index (κ2) is 9.02. The Morgan fingerprint density at radius 1 is 1.36 bits per heavy atom. The summed E-state index contributed by atoms with van der Waals surface area (Å²) in [6.07, 6.45) is 1.83. The van der Waals surface area contributed by atoms with Crippen molar-refractivity contribution in [3.05, 3.63) is 40.3 Å². The molecule has 0 spiro atoms. The maximum absolute atomic E-state index is 13.0. The molecule has 2 aromatic rings. The Hall–Kier alpha value is -1.97. The van der Waals surface area contributed by atoms with Gasteiger partial charge in [0.05, 0.1) is 22.2 Å². The molecule has 0 bridgehead atoms. The van der Waals surface area contributed by atoms with Crippen molar-refractivity contribution in [2.75, 3.05) is 19.7 Å². The quantitative estimate of drug-likeness (QED) is 0.704. The first-order valence-electron chi connectivity index (χ1n) is 9.35. The molecule has 152 valence electrons. The van der Waals surface area contributed by atoms with Crippen molar-refractivity contribution in [2.24, 2.45) is 0 Å². The first-order valence-corrected chi connectivity index (χ1v) is 11.7. The Morgan fingerprint density at radius 2 is 2.11 bits per heavy atom. The molecule has 0 radical (unpaired) electrons. The van der Waals surface area contributed by atoms with Crippen molar-refractivity contribution in [2.45, 2.75) is 44.0 Å². The molecule has 1 aliphatic rings. The standard InChI is InChI=1S/C19H25N3O4S2/c1-3-26-16-6-8-17(9-7-16)28(24,25)22-12-4-5-18(22)19(23)20-11-10-15-13-27-14(2)21-15/h6-9,13,18H,3-5,10-12H2,1-2H3,(H,20,23)/t18-/m1/s1. The first-order chi connectivity index (χ1) is 13.4. The fraction of sp³-hybridized carbons (Fsp3) is 0.474. The topological polar surface area (TPSA) is 88.6 Å². The molecule has 1 saturated heterocycles. The summed E-state index contributed by atoms with van der Waals surface area (Å²) in [6, 6.07) is 5.65. The summed E-state index contributed by atoms with van der Waals surface area (Å²) in [6.45, 7) is 5.11. The zero-order chi connectivity index (χ0) is 20.1. The van der Waals surface area contributed by atoms with Gasteiger partial charge in [0, 0.05) is 24.9 Å². The van der Waals surface area contributed by atoms with Crippen LogP contribution in [-0.4, -0.2) is 49.4 Å². The van der Waals surface area contributed by atoms with Crippen LogP contribution in [-0.2, 0) is 21.2 Å². The van der Waals surface area contributed by atoms with Crippen LogP contribution in [0.2, 0.25) is 0 Å². The van der Waals surface area contributed by atoms with Crippen molar-refractivity contribution in [3.63, 3.8) is 0 Å². The molecule has 1 aromatic heterocycles. The van der Waals surface area contributed by atoms with E-state index in [9.17, 15) is 13.2 Å². The summed E-state index contributed by atoms with van der Waals surface area (Å²) in [5, 5.41) is 5.82. The van der Waals surface area contributed by atoms with Crippen LogP contribution in [0.25, 0.3) is 0 Å². The number of sulfonamides is 1. The van der Waals surface area contributed by atoms with Gasteiger partial charge in [-0.15, -0.1) is 11.3 Å². The predicted octanol–water partition coefficient (Wildman–Crippen LogP) is 2.36. The Morgan fingerprint density at radius 3 is 2.75 bits per heavy atom. The predicted molar refractivity (Wildman–Crippen MR) is 108 cm³/mol. The van der Waals surface area contributed by atoms with Crippen LogP contribution < -0.4 is 10.1 Å². The highest BCUT2D eigenvalue weighted by atomic mass is 32.2. The zero-order valence-corrected chi connectivity index (χ0v) is 17.7. The number of nitrogens with one attached hydrogen (secondary N) is 1. The molecule has 0 saturated carbocycles. The van der Waals surface area contributed by atoms with Crippen LogP contribution in [0.1, 0.15) is 30.5 Å². The van der Waals surface area contributed by atoms with Gasteiger partial charge in [0.2, 0.25) is 15.9 Å². The van der Waals surface area contributed by atoms with Gasteiger partial charge in [-0.05, 0) is 51.0 Å². The van der Waals surface area contributed by atoms with E-state index in [2.05, 4.69) is 10.3 Å². The lowest BCUT2D eigenvalue weighted by Crippen LogP contribution is -2.46. The largest absolute Gasteiger partial charge is 0.494 e. The number of aromatic nitrogens is 1. The summed E-state index contributed by atoms with van der Waals surface area (Å²) in [7, 11) is -3.73. The molecule has 28 heavy (non-hydrogen) atoms. The van der Waals surface area contributed by atoms with Gasteiger partial charge in [0.1, 0.15) is 11.8 Å². The van der Waals surface area contributed by atoms with E-state index in [1.54, 1.807) is 23.5 Å². The molecule has 0 unspecified atom stereocenters. The minimum atomic E-state index is -3.73. The van der Waals surface area contributed by atoms with E-state index in [4.69, 9.17) is 4.74 Å². The summed E-state index contributed by atoms with van der Waals surface area (Å²) >= 11 is 1.57. The van der Waals surface area contributed by atoms with E-state index in [0.29, 0.717) is 44.7 Å². The fourth-order valence-corrected chi connectivity index (χ4v) is 5.56. The van der Waals surface area contributed by atoms with Crippen LogP contribution in [0.3, 0.4) is 0 Å². The van der Waals surface area contributed by atoms with E-state index in [0.717, 1.165) is 10.7 Å². The minimum absolute atomic E-state index is 0.175. The van der Waals surface area contributed by atoms with Gasteiger partial charge in [-0.25, -0.2) is 13.4 Å². The second-order valence-electron chi connectivity index (χ2n) is 6.58. The minimum Gasteiger partial charge on any atom is -0.494 e. The highest BCUT2D eigenvalue weighted by molar-refractivity contribution is 7.89. The molecule has 9 heteroatoms. The van der Waals surface area contributed by atoms with Crippen LogP contribution in [0.15, 0.2) is 34.5 Å². The van der Waals surface area contributed by atoms with Gasteiger partial charge in [0.15, 0.2) is 0 Å². The number of thiazole rings is 1. The molecular weight excluding hydrogens is 398 g/mol. The Kier molecular flexibility index (Phi) is 6.69. The lowest BCUT2D eigenvalue weighted by atomic mass is 10.2. The van der Waals surface area contributed by atoms with Crippen LogP contribution >= 0.6 is 11.3 Å². The molecule has 7 nitrogen and oxygen atoms in total. The number of hydrogen-bond acceptors (Lipinski definition) is 6. The molecule has 1 atom stereocenters. The Labute approximate surface area is 169 Å². The molecule has 1 fully saturated rings. The summed E-state index contributed by atoms with van der Waals surface area (Å²) in [4.78, 5) is 17.2. The average Bonchev–Trinajstić information content (AvgIpc) is 3.32. The number of rotatable bonds is 8. The van der Waals surface area contributed by atoms with E-state index < -0.39 is 16.1 Å². The number of carbonyl (C=O) groups is 1. The number of benzene rings is 1. The monoisotopic (exact) mass is 423 g/mol. The first kappa shape index (κ1) is 20.8. The average molecular weight is 424 g/mol. The molecule has 2 heterocycles. The van der Waals surface area contributed by atoms with Crippen molar-refractivity contribution in [1.29, 1.82) is 0 Å². The molecule has 1 aliphatic heterocycles. The number of ether oxygens (including phenoxy) is 1. The lowest BCUT2D eigenvalue weighted by molar-refractivity contribution is -0.124. The molecule has 1 N–H and O–H groups in total. The fourth-order valence-electron chi connectivity index (χ4n) is 3.25. The lowest BCUT2D eigenvalue weighted by Gasteiger charge is -2.23. The SMILES string of the molecule is CCOc1ccc(S(=O)(=O)N2CCC[C@@H]2C(=O)NCCc2csc(C)n2)cc1. The summed E-state index contributed by atoms with van der Waals surface area (Å²) < 4.78 is 32.7. The summed E-state index contributed by atoms with van der Waals surface area (Å²) in [5.41, 5.74) is 0.938. The van der Waals surface area contributed by atoms with E-state index in [1.165, 1.54) is 16.4 Å². The van der Waals surface area contributed by atoms with Gasteiger partial charge in [-0.1, -0.05) is 0 Å². The molecule has 1 aromatic carbocycles. The molecule has 0 aliphatic carbocycles. The Bertz CT molecular complexity index is 910. The third kappa shape index (κ3) is 4.71. The molecule has 1 amide bonds. The number of aryl methyl sites for hydroxylation is 1. The highest BCUT2D eigenvalue weighted by Crippen LogP contribution is 2.27. The van der Waals surface area contributed by atoms with Gasteiger partial charge in [-0.3, -0.25) is 4.79 Å². The summed E-state index contributed by atoms with van der Waals surface area (Å²) in [5.74, 6) is 0.369. The van der Waals surface area contributed by atoms with Crippen LogP contribution in [0.5, 0.6) is 5.75 Å².